The molecule has 1 amide bonds. The van der Waals surface area contributed by atoms with Crippen LogP contribution in [0.15, 0.2) is 48.5 Å². The van der Waals surface area contributed by atoms with Crippen molar-refractivity contribution >= 4 is 5.91 Å². The van der Waals surface area contributed by atoms with E-state index >= 15 is 0 Å². The number of carbonyl (C=O) groups excluding carboxylic acids is 1. The van der Waals surface area contributed by atoms with Crippen LogP contribution in [-0.2, 0) is 17.5 Å². The van der Waals surface area contributed by atoms with E-state index in [4.69, 9.17) is 10.00 Å². The molecular formula is C22H19F3N4O2. The molecule has 6 nitrogen and oxygen atoms in total. The summed E-state index contributed by atoms with van der Waals surface area (Å²) >= 11 is 0. The van der Waals surface area contributed by atoms with E-state index in [2.05, 4.69) is 10.4 Å². The number of aromatic nitrogens is 2. The van der Waals surface area contributed by atoms with Gasteiger partial charge in [0.1, 0.15) is 11.8 Å². The SMILES string of the molecule is Cc1cc(C)n(-c2ccc(CNC(=O)COc3ccccc3C#N)c(C(F)(F)F)c2)n1. The van der Waals surface area contributed by atoms with Gasteiger partial charge in [0.15, 0.2) is 6.61 Å². The zero-order valence-electron chi connectivity index (χ0n) is 16.8. The Morgan fingerprint density at radius 2 is 1.94 bits per heavy atom. The van der Waals surface area contributed by atoms with Crippen LogP contribution in [0.3, 0.4) is 0 Å². The first kappa shape index (κ1) is 21.9. The Morgan fingerprint density at radius 1 is 1.19 bits per heavy atom. The highest BCUT2D eigenvalue weighted by molar-refractivity contribution is 5.77. The maximum Gasteiger partial charge on any atom is 0.416 e. The molecule has 0 radical (unpaired) electrons. The molecule has 0 atom stereocenters. The molecule has 31 heavy (non-hydrogen) atoms. The van der Waals surface area contributed by atoms with Crippen molar-refractivity contribution in [1.29, 1.82) is 5.26 Å². The van der Waals surface area contributed by atoms with Crippen molar-refractivity contribution in [2.24, 2.45) is 0 Å². The molecule has 3 aromatic rings. The van der Waals surface area contributed by atoms with Gasteiger partial charge in [-0.15, -0.1) is 0 Å². The molecule has 1 N–H and O–H groups in total. The quantitative estimate of drug-likeness (QED) is 0.642. The lowest BCUT2D eigenvalue weighted by atomic mass is 10.1. The van der Waals surface area contributed by atoms with Crippen LogP contribution in [0.25, 0.3) is 5.69 Å². The normalized spacial score (nSPS) is 11.1. The van der Waals surface area contributed by atoms with E-state index < -0.39 is 24.3 Å². The number of rotatable bonds is 6. The molecule has 0 bridgehead atoms. The number of benzene rings is 2. The van der Waals surface area contributed by atoms with Crippen LogP contribution < -0.4 is 10.1 Å². The second-order valence-electron chi connectivity index (χ2n) is 6.85. The van der Waals surface area contributed by atoms with Gasteiger partial charge in [-0.3, -0.25) is 4.79 Å². The third kappa shape index (κ3) is 5.22. The number of ether oxygens (including phenoxy) is 1. The lowest BCUT2D eigenvalue weighted by Crippen LogP contribution is -2.29. The number of para-hydroxylation sites is 1. The Labute approximate surface area is 176 Å². The Bertz CT molecular complexity index is 1150. The molecule has 0 saturated heterocycles. The summed E-state index contributed by atoms with van der Waals surface area (Å²) < 4.78 is 47.6. The van der Waals surface area contributed by atoms with Crippen molar-refractivity contribution in [3.05, 3.63) is 76.6 Å². The van der Waals surface area contributed by atoms with Gasteiger partial charge < -0.3 is 10.1 Å². The third-order valence-electron chi connectivity index (χ3n) is 4.50. The summed E-state index contributed by atoms with van der Waals surface area (Å²) in [5, 5.41) is 15.7. The van der Waals surface area contributed by atoms with Gasteiger partial charge in [-0.25, -0.2) is 4.68 Å². The summed E-state index contributed by atoms with van der Waals surface area (Å²) in [5.74, 6) is -0.381. The molecule has 1 heterocycles. The Hall–Kier alpha value is -3.80. The highest BCUT2D eigenvalue weighted by Gasteiger charge is 2.34. The molecule has 0 spiro atoms. The molecule has 0 fully saturated rings. The second kappa shape index (κ2) is 8.92. The lowest BCUT2D eigenvalue weighted by Gasteiger charge is -2.16. The fourth-order valence-electron chi connectivity index (χ4n) is 3.08. The van der Waals surface area contributed by atoms with E-state index in [1.54, 1.807) is 32.0 Å². The summed E-state index contributed by atoms with van der Waals surface area (Å²) in [6.07, 6.45) is -4.60. The first-order chi connectivity index (χ1) is 14.7. The fraction of sp³-hybridized carbons (Fsp3) is 0.227. The van der Waals surface area contributed by atoms with Crippen molar-refractivity contribution in [3.63, 3.8) is 0 Å². The number of nitrogens with zero attached hydrogens (tertiary/aromatic N) is 3. The molecule has 2 aromatic carbocycles. The zero-order chi connectivity index (χ0) is 22.6. The Balaban J connectivity index is 1.73. The molecule has 9 heteroatoms. The number of carbonyl (C=O) groups is 1. The Morgan fingerprint density at radius 3 is 2.58 bits per heavy atom. The summed E-state index contributed by atoms with van der Waals surface area (Å²) in [6, 6.07) is 13.9. The predicted molar refractivity (Wildman–Crippen MR) is 107 cm³/mol. The van der Waals surface area contributed by atoms with Crippen LogP contribution >= 0.6 is 0 Å². The van der Waals surface area contributed by atoms with Gasteiger partial charge in [0, 0.05) is 12.2 Å². The maximum absolute atomic E-state index is 13.6. The molecule has 3 rings (SSSR count). The summed E-state index contributed by atoms with van der Waals surface area (Å²) in [6.45, 7) is 2.76. The zero-order valence-corrected chi connectivity index (χ0v) is 16.8. The molecule has 0 aliphatic rings. The van der Waals surface area contributed by atoms with Gasteiger partial charge in [0.2, 0.25) is 0 Å². The van der Waals surface area contributed by atoms with Crippen LogP contribution in [0.2, 0.25) is 0 Å². The number of amides is 1. The van der Waals surface area contributed by atoms with Crippen LogP contribution in [-0.4, -0.2) is 22.3 Å². The number of aryl methyl sites for hydroxylation is 2. The van der Waals surface area contributed by atoms with Gasteiger partial charge >= 0.3 is 6.18 Å². The molecule has 0 aliphatic carbocycles. The largest absolute Gasteiger partial charge is 0.482 e. The first-order valence-corrected chi connectivity index (χ1v) is 9.31. The minimum absolute atomic E-state index is 0.0800. The number of hydrogen-bond donors (Lipinski definition) is 1. The van der Waals surface area contributed by atoms with Crippen molar-refractivity contribution in [3.8, 4) is 17.5 Å². The third-order valence-corrected chi connectivity index (χ3v) is 4.50. The summed E-state index contributed by atoms with van der Waals surface area (Å²) in [7, 11) is 0. The van der Waals surface area contributed by atoms with E-state index in [1.807, 2.05) is 6.07 Å². The highest BCUT2D eigenvalue weighted by Crippen LogP contribution is 2.33. The predicted octanol–water partition coefficient (Wildman–Crippen LogP) is 4.07. The molecule has 160 valence electrons. The molecule has 1 aromatic heterocycles. The fourth-order valence-corrected chi connectivity index (χ4v) is 3.08. The molecule has 0 unspecified atom stereocenters. The minimum Gasteiger partial charge on any atom is -0.482 e. The monoisotopic (exact) mass is 428 g/mol. The first-order valence-electron chi connectivity index (χ1n) is 9.31. The van der Waals surface area contributed by atoms with Gasteiger partial charge in [0.05, 0.1) is 22.5 Å². The van der Waals surface area contributed by atoms with Gasteiger partial charge in [-0.2, -0.15) is 23.5 Å². The summed E-state index contributed by atoms with van der Waals surface area (Å²) in [4.78, 5) is 12.1. The summed E-state index contributed by atoms with van der Waals surface area (Å²) in [5.41, 5.74) is 1.01. The van der Waals surface area contributed by atoms with Crippen LogP contribution in [0.4, 0.5) is 13.2 Å². The molecule has 0 aliphatic heterocycles. The topological polar surface area (TPSA) is 79.9 Å². The van der Waals surface area contributed by atoms with E-state index in [-0.39, 0.29) is 29.1 Å². The van der Waals surface area contributed by atoms with E-state index in [0.29, 0.717) is 11.4 Å². The van der Waals surface area contributed by atoms with Crippen molar-refractivity contribution in [2.75, 3.05) is 6.61 Å². The lowest BCUT2D eigenvalue weighted by molar-refractivity contribution is -0.138. The van der Waals surface area contributed by atoms with Crippen molar-refractivity contribution in [1.82, 2.24) is 15.1 Å². The van der Waals surface area contributed by atoms with E-state index in [1.165, 1.54) is 28.9 Å². The van der Waals surface area contributed by atoms with Gasteiger partial charge in [0.25, 0.3) is 5.91 Å². The van der Waals surface area contributed by atoms with Crippen molar-refractivity contribution in [2.45, 2.75) is 26.6 Å². The van der Waals surface area contributed by atoms with E-state index in [0.717, 1.165) is 6.07 Å². The van der Waals surface area contributed by atoms with Crippen LogP contribution in [0.1, 0.15) is 28.1 Å². The number of hydrogen-bond acceptors (Lipinski definition) is 4. The van der Waals surface area contributed by atoms with Crippen molar-refractivity contribution < 1.29 is 22.7 Å². The number of halogens is 3. The number of alkyl halides is 3. The van der Waals surface area contributed by atoms with Gasteiger partial charge in [-0.05, 0) is 49.7 Å². The van der Waals surface area contributed by atoms with Gasteiger partial charge in [-0.1, -0.05) is 18.2 Å². The minimum atomic E-state index is -4.60. The highest BCUT2D eigenvalue weighted by atomic mass is 19.4. The number of nitrogens with one attached hydrogen (secondary N) is 1. The number of nitriles is 1. The molecular weight excluding hydrogens is 409 g/mol. The smallest absolute Gasteiger partial charge is 0.416 e. The second-order valence-corrected chi connectivity index (χ2v) is 6.85. The van der Waals surface area contributed by atoms with Crippen LogP contribution in [0.5, 0.6) is 5.75 Å². The molecule has 0 saturated carbocycles. The standard InChI is InChI=1S/C22H19F3N4O2/c1-14-9-15(2)29(28-14)18-8-7-17(19(10-18)22(23,24)25)12-27-21(30)13-31-20-6-4-3-5-16(20)11-26/h3-10H,12-13H2,1-2H3,(H,27,30). The van der Waals surface area contributed by atoms with E-state index in [9.17, 15) is 18.0 Å². The van der Waals surface area contributed by atoms with Crippen LogP contribution in [0, 0.1) is 25.2 Å². The average molecular weight is 428 g/mol. The average Bonchev–Trinajstić information content (AvgIpc) is 3.08. The maximum atomic E-state index is 13.6. The Kier molecular flexibility index (Phi) is 6.30.